The number of amides is 1. The quantitative estimate of drug-likeness (QED) is 0.497. The monoisotopic (exact) mass is 432 g/mol. The van der Waals surface area contributed by atoms with E-state index in [1.807, 2.05) is 4.90 Å². The number of carbonyl (C=O) groups excluding carboxylic acids is 1. The smallest absolute Gasteiger partial charge is 0.274 e. The number of aryl methyl sites for hydroxylation is 2. The summed E-state index contributed by atoms with van der Waals surface area (Å²) in [6.07, 6.45) is 3.81. The maximum Gasteiger partial charge on any atom is 0.274 e. The average Bonchev–Trinajstić information content (AvgIpc) is 3.39. The van der Waals surface area contributed by atoms with Crippen LogP contribution in [0.3, 0.4) is 0 Å². The van der Waals surface area contributed by atoms with Crippen LogP contribution >= 0.6 is 0 Å². The molecule has 4 heterocycles. The Hall–Kier alpha value is -3.52. The number of nitrogens with zero attached hydrogens (tertiary/aromatic N) is 6. The third-order valence-electron chi connectivity index (χ3n) is 6.01. The van der Waals surface area contributed by atoms with E-state index in [-0.39, 0.29) is 11.7 Å². The Kier molecular flexibility index (Phi) is 5.22. The van der Waals surface area contributed by atoms with Crippen molar-refractivity contribution in [1.29, 1.82) is 0 Å². The van der Waals surface area contributed by atoms with Gasteiger partial charge in [0.1, 0.15) is 11.5 Å². The van der Waals surface area contributed by atoms with Gasteiger partial charge in [-0.05, 0) is 61.9 Å². The minimum Gasteiger partial charge on any atom is -0.335 e. The summed E-state index contributed by atoms with van der Waals surface area (Å²) < 4.78 is 16.9. The van der Waals surface area contributed by atoms with Gasteiger partial charge in [0.05, 0.1) is 17.1 Å². The molecule has 3 aromatic heterocycles. The van der Waals surface area contributed by atoms with E-state index in [4.69, 9.17) is 4.98 Å². The summed E-state index contributed by atoms with van der Waals surface area (Å²) in [6.45, 7) is 7.81. The first-order valence-electron chi connectivity index (χ1n) is 10.8. The van der Waals surface area contributed by atoms with Gasteiger partial charge < -0.3 is 9.30 Å². The van der Waals surface area contributed by atoms with Crippen LogP contribution in [-0.2, 0) is 6.54 Å². The molecular weight excluding hydrogens is 407 g/mol. The number of hydrogen-bond acceptors (Lipinski definition) is 4. The molecule has 0 bridgehead atoms. The zero-order valence-corrected chi connectivity index (χ0v) is 18.2. The minimum absolute atomic E-state index is 0.0769. The predicted octanol–water partition coefficient (Wildman–Crippen LogP) is 3.23. The molecular formula is C24H25FN6O. The van der Waals surface area contributed by atoms with E-state index in [0.29, 0.717) is 24.5 Å². The first kappa shape index (κ1) is 20.4. The molecule has 1 fully saturated rings. The second-order valence-electron chi connectivity index (χ2n) is 8.27. The summed E-state index contributed by atoms with van der Waals surface area (Å²) in [5.41, 5.74) is 5.52. The van der Waals surface area contributed by atoms with E-state index in [9.17, 15) is 9.18 Å². The summed E-state index contributed by atoms with van der Waals surface area (Å²) in [5, 5.41) is 4.40. The molecule has 0 radical (unpaired) electrons. The van der Waals surface area contributed by atoms with Crippen molar-refractivity contribution < 1.29 is 9.18 Å². The van der Waals surface area contributed by atoms with Crippen molar-refractivity contribution in [1.82, 2.24) is 29.0 Å². The topological polar surface area (TPSA) is 58.7 Å². The fourth-order valence-electron chi connectivity index (χ4n) is 4.16. The van der Waals surface area contributed by atoms with Crippen molar-refractivity contribution in [3.05, 3.63) is 83.3 Å². The van der Waals surface area contributed by atoms with Gasteiger partial charge in [-0.25, -0.2) is 14.1 Å². The third kappa shape index (κ3) is 3.89. The summed E-state index contributed by atoms with van der Waals surface area (Å²) in [6, 6.07) is 11.9. The molecule has 0 saturated carbocycles. The molecule has 7 nitrogen and oxygen atoms in total. The first-order valence-corrected chi connectivity index (χ1v) is 10.8. The molecule has 1 aliphatic rings. The minimum atomic E-state index is -0.302. The molecule has 164 valence electrons. The van der Waals surface area contributed by atoms with E-state index in [1.54, 1.807) is 29.1 Å². The third-order valence-corrected chi connectivity index (χ3v) is 6.01. The van der Waals surface area contributed by atoms with Gasteiger partial charge in [0.25, 0.3) is 5.91 Å². The second kappa shape index (κ2) is 8.20. The molecule has 0 atom stereocenters. The van der Waals surface area contributed by atoms with Gasteiger partial charge in [-0.15, -0.1) is 0 Å². The molecule has 5 rings (SSSR count). The number of pyridine rings is 1. The Balaban J connectivity index is 1.23. The van der Waals surface area contributed by atoms with Crippen LogP contribution in [0, 0.1) is 19.7 Å². The summed E-state index contributed by atoms with van der Waals surface area (Å²) in [4.78, 5) is 21.8. The highest BCUT2D eigenvalue weighted by Crippen LogP contribution is 2.17. The molecule has 0 unspecified atom stereocenters. The number of hydrogen-bond donors (Lipinski definition) is 0. The maximum absolute atomic E-state index is 13.1. The van der Waals surface area contributed by atoms with Crippen LogP contribution in [0.25, 0.3) is 11.3 Å². The highest BCUT2D eigenvalue weighted by Gasteiger charge is 2.25. The summed E-state index contributed by atoms with van der Waals surface area (Å²) in [5.74, 6) is -0.378. The van der Waals surface area contributed by atoms with Gasteiger partial charge >= 0.3 is 0 Å². The summed E-state index contributed by atoms with van der Waals surface area (Å²) >= 11 is 0. The molecule has 4 aromatic rings. The van der Waals surface area contributed by atoms with E-state index in [2.05, 4.69) is 46.6 Å². The van der Waals surface area contributed by atoms with E-state index >= 15 is 0 Å². The van der Waals surface area contributed by atoms with Gasteiger partial charge in [0.2, 0.25) is 0 Å². The zero-order valence-electron chi connectivity index (χ0n) is 18.2. The van der Waals surface area contributed by atoms with Gasteiger partial charge in [0, 0.05) is 45.1 Å². The van der Waals surface area contributed by atoms with Crippen LogP contribution < -0.4 is 0 Å². The molecule has 1 aliphatic heterocycles. The van der Waals surface area contributed by atoms with Crippen molar-refractivity contribution in [2.45, 2.75) is 20.4 Å². The lowest BCUT2D eigenvalue weighted by atomic mass is 10.2. The molecule has 0 aliphatic carbocycles. The fourth-order valence-corrected chi connectivity index (χ4v) is 4.16. The van der Waals surface area contributed by atoms with Crippen molar-refractivity contribution in [2.24, 2.45) is 0 Å². The van der Waals surface area contributed by atoms with Gasteiger partial charge in [-0.1, -0.05) is 0 Å². The van der Waals surface area contributed by atoms with Crippen LogP contribution in [0.4, 0.5) is 4.39 Å². The van der Waals surface area contributed by atoms with Crippen molar-refractivity contribution in [2.75, 3.05) is 26.2 Å². The first-order chi connectivity index (χ1) is 15.5. The lowest BCUT2D eigenvalue weighted by Crippen LogP contribution is -2.48. The largest absolute Gasteiger partial charge is 0.335 e. The molecule has 8 heteroatoms. The fraction of sp³-hybridized carbons (Fsp3) is 0.292. The van der Waals surface area contributed by atoms with Crippen LogP contribution in [-0.4, -0.2) is 61.1 Å². The number of aromatic nitrogens is 4. The van der Waals surface area contributed by atoms with E-state index < -0.39 is 0 Å². The molecule has 1 saturated heterocycles. The van der Waals surface area contributed by atoms with Gasteiger partial charge in [0.15, 0.2) is 5.69 Å². The maximum atomic E-state index is 13.1. The molecule has 1 aromatic carbocycles. The SMILES string of the molecule is Cc1ccn2c(CN3CCN(C(=O)c4ccn(-c5ccc(F)cc5)n4)CC3)c(C)nc2c1. The molecule has 0 spiro atoms. The number of halogens is 1. The lowest BCUT2D eigenvalue weighted by molar-refractivity contribution is 0.0620. The zero-order chi connectivity index (χ0) is 22.2. The van der Waals surface area contributed by atoms with Crippen molar-refractivity contribution in [3.63, 3.8) is 0 Å². The van der Waals surface area contributed by atoms with Crippen LogP contribution in [0.15, 0.2) is 54.9 Å². The van der Waals surface area contributed by atoms with Crippen molar-refractivity contribution >= 4 is 11.6 Å². The summed E-state index contributed by atoms with van der Waals surface area (Å²) in [7, 11) is 0. The van der Waals surface area contributed by atoms with Crippen LogP contribution in [0.1, 0.15) is 27.4 Å². The number of rotatable bonds is 4. The average molecular weight is 433 g/mol. The molecule has 1 amide bonds. The van der Waals surface area contributed by atoms with Crippen LogP contribution in [0.2, 0.25) is 0 Å². The molecule has 32 heavy (non-hydrogen) atoms. The van der Waals surface area contributed by atoms with E-state index in [0.717, 1.165) is 31.0 Å². The highest BCUT2D eigenvalue weighted by atomic mass is 19.1. The van der Waals surface area contributed by atoms with Gasteiger partial charge in [-0.3, -0.25) is 9.69 Å². The predicted molar refractivity (Wildman–Crippen MR) is 119 cm³/mol. The lowest BCUT2D eigenvalue weighted by Gasteiger charge is -2.34. The standard InChI is InChI=1S/C24H25FN6O/c1-17-7-9-30-22(18(2)26-23(30)15-17)16-28-11-13-29(14-12-28)24(32)21-8-10-31(27-21)20-5-3-19(25)4-6-20/h3-10,15H,11-14,16H2,1-2H3. The molecule has 0 N–H and O–H groups in total. The Morgan fingerprint density at radius 3 is 2.50 bits per heavy atom. The number of piperazine rings is 1. The number of fused-ring (bicyclic) bond motifs is 1. The van der Waals surface area contributed by atoms with Crippen molar-refractivity contribution in [3.8, 4) is 5.69 Å². The second-order valence-corrected chi connectivity index (χ2v) is 8.27. The van der Waals surface area contributed by atoms with Gasteiger partial charge in [-0.2, -0.15) is 5.10 Å². The number of carbonyl (C=O) groups is 1. The number of imidazole rings is 1. The van der Waals surface area contributed by atoms with Crippen LogP contribution in [0.5, 0.6) is 0 Å². The number of benzene rings is 1. The Morgan fingerprint density at radius 2 is 1.75 bits per heavy atom. The van der Waals surface area contributed by atoms with E-state index in [1.165, 1.54) is 23.4 Å². The normalized spacial score (nSPS) is 14.9. The highest BCUT2D eigenvalue weighted by molar-refractivity contribution is 5.92. The Labute approximate surface area is 185 Å². The Bertz CT molecular complexity index is 1270. The Morgan fingerprint density at radius 1 is 1.00 bits per heavy atom.